The number of nitrogens with one attached hydrogen (secondary N) is 2. The summed E-state index contributed by atoms with van der Waals surface area (Å²) in [5.41, 5.74) is 1.82. The zero-order chi connectivity index (χ0) is 26.9. The van der Waals surface area contributed by atoms with Crippen LogP contribution in [0.5, 0.6) is 23.1 Å². The minimum atomic E-state index is 0.277. The molecule has 1 aromatic heterocycles. The highest BCUT2D eigenvalue weighted by Gasteiger charge is 2.19. The van der Waals surface area contributed by atoms with Gasteiger partial charge in [0.2, 0.25) is 17.6 Å². The molecule has 0 fully saturated rings. The average Bonchev–Trinajstić information content (AvgIpc) is 2.95. The molecule has 9 heteroatoms. The Morgan fingerprint density at radius 2 is 1.61 bits per heavy atom. The molecule has 0 bridgehead atoms. The van der Waals surface area contributed by atoms with Gasteiger partial charge >= 0.3 is 0 Å². The summed E-state index contributed by atoms with van der Waals surface area (Å²) in [5, 5.41) is 26.4. The Bertz CT molecular complexity index is 1510. The van der Waals surface area contributed by atoms with Gasteiger partial charge in [-0.15, -0.1) is 0 Å². The van der Waals surface area contributed by atoms with Crippen LogP contribution in [0.25, 0.3) is 10.8 Å². The van der Waals surface area contributed by atoms with Gasteiger partial charge in [-0.05, 0) is 60.3 Å². The van der Waals surface area contributed by atoms with Crippen LogP contribution in [0.3, 0.4) is 0 Å². The van der Waals surface area contributed by atoms with E-state index in [0.717, 1.165) is 42.3 Å². The molecule has 0 amide bonds. The number of nitriles is 2. The molecule has 1 heterocycles. The van der Waals surface area contributed by atoms with Crippen LogP contribution in [0, 0.1) is 22.7 Å². The predicted octanol–water partition coefficient (Wildman–Crippen LogP) is 6.53. The quantitative estimate of drug-likeness (QED) is 0.217. The van der Waals surface area contributed by atoms with Gasteiger partial charge in [0.15, 0.2) is 11.5 Å². The van der Waals surface area contributed by atoms with Gasteiger partial charge in [-0.25, -0.2) is 0 Å². The van der Waals surface area contributed by atoms with Crippen molar-refractivity contribution in [3.8, 4) is 35.3 Å². The molecule has 4 rings (SSSR count). The molecule has 2 N–H and O–H groups in total. The smallest absolute Gasteiger partial charge is 0.232 e. The van der Waals surface area contributed by atoms with Crippen molar-refractivity contribution in [1.82, 2.24) is 9.97 Å². The van der Waals surface area contributed by atoms with E-state index < -0.39 is 0 Å². The van der Waals surface area contributed by atoms with Crippen molar-refractivity contribution in [3.63, 3.8) is 0 Å². The first kappa shape index (κ1) is 26.1. The highest BCUT2D eigenvalue weighted by Crippen LogP contribution is 2.45. The average molecular weight is 509 g/mol. The van der Waals surface area contributed by atoms with Crippen molar-refractivity contribution >= 4 is 28.2 Å². The number of hydrogen-bond acceptors (Lipinski definition) is 9. The summed E-state index contributed by atoms with van der Waals surface area (Å²) in [6.07, 6.45) is 3.23. The number of benzene rings is 3. The van der Waals surface area contributed by atoms with Crippen molar-refractivity contribution in [2.24, 2.45) is 0 Å². The topological polar surface area (TPSA) is 125 Å². The molecule has 4 aromatic rings. The molecular formula is C29H28N6O3. The maximum absolute atomic E-state index is 9.30. The SMILES string of the molecule is CCCCCNc1cc(Oc2c(OC)cc3cc(C#N)ccc3c2OC)nc(Nc2ccc(C#N)cc2)n1. The van der Waals surface area contributed by atoms with E-state index in [-0.39, 0.29) is 5.88 Å². The predicted molar refractivity (Wildman–Crippen MR) is 146 cm³/mol. The molecule has 0 atom stereocenters. The lowest BCUT2D eigenvalue weighted by atomic mass is 10.1. The summed E-state index contributed by atoms with van der Waals surface area (Å²) in [5.74, 6) is 2.44. The number of aromatic nitrogens is 2. The zero-order valence-corrected chi connectivity index (χ0v) is 21.5. The lowest BCUT2D eigenvalue weighted by Gasteiger charge is -2.17. The van der Waals surface area contributed by atoms with Crippen molar-refractivity contribution < 1.29 is 14.2 Å². The number of hydrogen-bond donors (Lipinski definition) is 2. The lowest BCUT2D eigenvalue weighted by Crippen LogP contribution is -2.07. The molecular weight excluding hydrogens is 480 g/mol. The van der Waals surface area contributed by atoms with Crippen molar-refractivity contribution in [3.05, 3.63) is 65.7 Å². The Hall–Kier alpha value is -5.02. The summed E-state index contributed by atoms with van der Waals surface area (Å²) in [7, 11) is 3.10. The van der Waals surface area contributed by atoms with Crippen LogP contribution >= 0.6 is 0 Å². The third kappa shape index (κ3) is 6.03. The Kier molecular flexibility index (Phi) is 8.42. The van der Waals surface area contributed by atoms with Crippen LogP contribution in [0.4, 0.5) is 17.5 Å². The number of unbranched alkanes of at least 4 members (excludes halogenated alkanes) is 2. The fourth-order valence-electron chi connectivity index (χ4n) is 3.93. The van der Waals surface area contributed by atoms with Crippen LogP contribution in [0.1, 0.15) is 37.3 Å². The van der Waals surface area contributed by atoms with E-state index in [2.05, 4.69) is 39.7 Å². The molecule has 0 saturated carbocycles. The van der Waals surface area contributed by atoms with Gasteiger partial charge in [0.1, 0.15) is 5.82 Å². The highest BCUT2D eigenvalue weighted by atomic mass is 16.5. The first-order chi connectivity index (χ1) is 18.6. The third-order valence-electron chi connectivity index (χ3n) is 5.83. The maximum atomic E-state index is 9.30. The largest absolute Gasteiger partial charge is 0.493 e. The van der Waals surface area contributed by atoms with Gasteiger partial charge in [0.05, 0.1) is 37.5 Å². The molecule has 0 aliphatic heterocycles. The number of ether oxygens (including phenoxy) is 3. The van der Waals surface area contributed by atoms with Crippen LogP contribution in [0.15, 0.2) is 54.6 Å². The van der Waals surface area contributed by atoms with E-state index in [1.165, 1.54) is 0 Å². The van der Waals surface area contributed by atoms with E-state index >= 15 is 0 Å². The van der Waals surface area contributed by atoms with Crippen molar-refractivity contribution in [2.45, 2.75) is 26.2 Å². The Balaban J connectivity index is 1.73. The van der Waals surface area contributed by atoms with Crippen molar-refractivity contribution in [1.29, 1.82) is 10.5 Å². The number of methoxy groups -OCH3 is 2. The second-order valence-corrected chi connectivity index (χ2v) is 8.45. The number of nitrogens with zero attached hydrogens (tertiary/aromatic N) is 4. The number of rotatable bonds is 11. The van der Waals surface area contributed by atoms with Gasteiger partial charge in [-0.1, -0.05) is 19.8 Å². The Morgan fingerprint density at radius 3 is 2.29 bits per heavy atom. The summed E-state index contributed by atoms with van der Waals surface area (Å²) in [6, 6.07) is 20.1. The first-order valence-electron chi connectivity index (χ1n) is 12.2. The van der Waals surface area contributed by atoms with E-state index in [0.29, 0.717) is 40.1 Å². The summed E-state index contributed by atoms with van der Waals surface area (Å²) >= 11 is 0. The zero-order valence-electron chi connectivity index (χ0n) is 21.5. The molecule has 0 aliphatic carbocycles. The minimum absolute atomic E-state index is 0.277. The monoisotopic (exact) mass is 508 g/mol. The molecule has 192 valence electrons. The molecule has 38 heavy (non-hydrogen) atoms. The number of anilines is 3. The molecule has 9 nitrogen and oxygen atoms in total. The van der Waals surface area contributed by atoms with Crippen LogP contribution in [0.2, 0.25) is 0 Å². The van der Waals surface area contributed by atoms with Crippen LogP contribution < -0.4 is 24.8 Å². The minimum Gasteiger partial charge on any atom is -0.493 e. The summed E-state index contributed by atoms with van der Waals surface area (Å²) in [4.78, 5) is 9.16. The number of fused-ring (bicyclic) bond motifs is 1. The van der Waals surface area contributed by atoms with Gasteiger partial charge in [0.25, 0.3) is 0 Å². The molecule has 0 unspecified atom stereocenters. The molecule has 0 spiro atoms. The second-order valence-electron chi connectivity index (χ2n) is 8.45. The van der Waals surface area contributed by atoms with Gasteiger partial charge < -0.3 is 24.8 Å². The maximum Gasteiger partial charge on any atom is 0.232 e. The highest BCUT2D eigenvalue weighted by molar-refractivity contribution is 5.94. The molecule has 0 radical (unpaired) electrons. The fourth-order valence-corrected chi connectivity index (χ4v) is 3.93. The normalized spacial score (nSPS) is 10.3. The van der Waals surface area contributed by atoms with E-state index in [1.54, 1.807) is 62.8 Å². The second kappa shape index (κ2) is 12.3. The Morgan fingerprint density at radius 1 is 0.842 bits per heavy atom. The van der Waals surface area contributed by atoms with Gasteiger partial charge in [-0.3, -0.25) is 0 Å². The van der Waals surface area contributed by atoms with E-state index in [9.17, 15) is 5.26 Å². The molecule has 0 aliphatic rings. The third-order valence-corrected chi connectivity index (χ3v) is 5.83. The van der Waals surface area contributed by atoms with Gasteiger partial charge in [-0.2, -0.15) is 20.5 Å². The van der Waals surface area contributed by atoms with Gasteiger partial charge in [0, 0.05) is 23.7 Å². The summed E-state index contributed by atoms with van der Waals surface area (Å²) < 4.78 is 17.6. The first-order valence-corrected chi connectivity index (χ1v) is 12.2. The molecule has 3 aromatic carbocycles. The van der Waals surface area contributed by atoms with Crippen LogP contribution in [-0.4, -0.2) is 30.7 Å². The van der Waals surface area contributed by atoms with Crippen LogP contribution in [-0.2, 0) is 0 Å². The van der Waals surface area contributed by atoms with E-state index in [4.69, 9.17) is 19.5 Å². The van der Waals surface area contributed by atoms with Crippen molar-refractivity contribution in [2.75, 3.05) is 31.4 Å². The summed E-state index contributed by atoms with van der Waals surface area (Å²) in [6.45, 7) is 2.91. The Labute approximate surface area is 221 Å². The lowest BCUT2D eigenvalue weighted by molar-refractivity contribution is 0.345. The van der Waals surface area contributed by atoms with E-state index in [1.807, 2.05) is 6.07 Å². The molecule has 0 saturated heterocycles. The standard InChI is InChI=1S/C29H28N6O3/c1-4-5-6-13-32-25-16-26(35-29(34-25)33-22-10-7-19(17-30)8-11-22)38-28-24(36-2)15-21-14-20(18-31)9-12-23(21)27(28)37-3/h7-12,14-16H,4-6,13H2,1-3H3,(H2,32,33,34,35). The fraction of sp³-hybridized carbons (Fsp3) is 0.241.